The molecule has 0 bridgehead atoms. The molecule has 0 fully saturated rings. The van der Waals surface area contributed by atoms with E-state index < -0.39 is 0 Å². The lowest BCUT2D eigenvalue weighted by molar-refractivity contribution is -0.116. The monoisotopic (exact) mass is 383 g/mol. The summed E-state index contributed by atoms with van der Waals surface area (Å²) in [5.74, 6) is 0.896. The number of benzene rings is 3. The highest BCUT2D eigenvalue weighted by Crippen LogP contribution is 2.23. The third-order valence-electron chi connectivity index (χ3n) is 4.59. The number of carbonyl (C=O) groups excluding carboxylic acids is 1. The molecule has 1 amide bonds. The van der Waals surface area contributed by atoms with E-state index in [0.29, 0.717) is 18.1 Å². The molecular weight excluding hydrogens is 362 g/mol. The predicted molar refractivity (Wildman–Crippen MR) is 113 cm³/mol. The van der Waals surface area contributed by atoms with Crippen molar-refractivity contribution in [2.24, 2.45) is 0 Å². The molecule has 5 nitrogen and oxygen atoms in total. The quantitative estimate of drug-likeness (QED) is 0.492. The average molecular weight is 383 g/mol. The fourth-order valence-electron chi connectivity index (χ4n) is 3.08. The van der Waals surface area contributed by atoms with Gasteiger partial charge in [-0.2, -0.15) is 4.98 Å². The number of anilines is 1. The van der Waals surface area contributed by atoms with Crippen LogP contribution in [0.1, 0.15) is 17.9 Å². The molecule has 3 aromatic carbocycles. The SMILES string of the molecule is Cc1cccc(NC(=O)CCc2nc(-c3ccc(-c4ccccc4)cc3)no2)c1. The minimum atomic E-state index is -0.0810. The van der Waals surface area contributed by atoms with Gasteiger partial charge in [0.2, 0.25) is 17.6 Å². The van der Waals surface area contributed by atoms with Crippen LogP contribution in [0.5, 0.6) is 0 Å². The van der Waals surface area contributed by atoms with Gasteiger partial charge in [-0.15, -0.1) is 0 Å². The van der Waals surface area contributed by atoms with Gasteiger partial charge in [-0.3, -0.25) is 4.79 Å². The maximum atomic E-state index is 12.1. The summed E-state index contributed by atoms with van der Waals surface area (Å²) in [5.41, 5.74) is 5.06. The predicted octanol–water partition coefficient (Wildman–Crippen LogP) is 5.28. The lowest BCUT2D eigenvalue weighted by atomic mass is 10.0. The van der Waals surface area contributed by atoms with Gasteiger partial charge in [0.1, 0.15) is 0 Å². The van der Waals surface area contributed by atoms with E-state index in [0.717, 1.165) is 27.9 Å². The normalized spacial score (nSPS) is 10.7. The van der Waals surface area contributed by atoms with Crippen molar-refractivity contribution in [1.82, 2.24) is 10.1 Å². The fraction of sp³-hybridized carbons (Fsp3) is 0.125. The van der Waals surface area contributed by atoms with Crippen LogP contribution in [-0.4, -0.2) is 16.0 Å². The summed E-state index contributed by atoms with van der Waals surface area (Å²) in [6.07, 6.45) is 0.676. The number of nitrogens with zero attached hydrogens (tertiary/aromatic N) is 2. The van der Waals surface area contributed by atoms with E-state index in [1.165, 1.54) is 0 Å². The molecule has 4 aromatic rings. The number of nitrogens with one attached hydrogen (secondary N) is 1. The Morgan fingerprint density at radius 3 is 2.38 bits per heavy atom. The lowest BCUT2D eigenvalue weighted by Crippen LogP contribution is -2.12. The van der Waals surface area contributed by atoms with Gasteiger partial charge in [-0.05, 0) is 35.7 Å². The highest BCUT2D eigenvalue weighted by atomic mass is 16.5. The van der Waals surface area contributed by atoms with Crippen molar-refractivity contribution in [2.45, 2.75) is 19.8 Å². The molecule has 144 valence electrons. The van der Waals surface area contributed by atoms with Gasteiger partial charge < -0.3 is 9.84 Å². The molecule has 1 N–H and O–H groups in total. The topological polar surface area (TPSA) is 68.0 Å². The molecule has 0 unspecified atom stereocenters. The zero-order valence-corrected chi connectivity index (χ0v) is 16.1. The molecular formula is C24H21N3O2. The molecule has 4 rings (SSSR count). The number of rotatable bonds is 6. The number of aryl methyl sites for hydroxylation is 2. The van der Waals surface area contributed by atoms with Crippen LogP contribution in [0.4, 0.5) is 5.69 Å². The van der Waals surface area contributed by atoms with Crippen LogP contribution in [0.3, 0.4) is 0 Å². The van der Waals surface area contributed by atoms with Crippen LogP contribution >= 0.6 is 0 Å². The Balaban J connectivity index is 1.36. The van der Waals surface area contributed by atoms with Gasteiger partial charge in [-0.1, -0.05) is 71.9 Å². The average Bonchev–Trinajstić information content (AvgIpc) is 3.22. The van der Waals surface area contributed by atoms with E-state index in [2.05, 4.69) is 27.6 Å². The molecule has 0 saturated heterocycles. The van der Waals surface area contributed by atoms with Crippen molar-refractivity contribution in [2.75, 3.05) is 5.32 Å². The first kappa shape index (κ1) is 18.6. The van der Waals surface area contributed by atoms with Gasteiger partial charge in [0, 0.05) is 24.1 Å². The van der Waals surface area contributed by atoms with Gasteiger partial charge in [0.15, 0.2) is 0 Å². The van der Waals surface area contributed by atoms with Gasteiger partial charge in [-0.25, -0.2) is 0 Å². The van der Waals surface area contributed by atoms with E-state index in [9.17, 15) is 4.79 Å². The molecule has 0 aliphatic rings. The number of carbonyl (C=O) groups is 1. The Morgan fingerprint density at radius 2 is 1.62 bits per heavy atom. The van der Waals surface area contributed by atoms with Crippen molar-refractivity contribution in [3.63, 3.8) is 0 Å². The number of hydrogen-bond donors (Lipinski definition) is 1. The van der Waals surface area contributed by atoms with Gasteiger partial charge in [0.25, 0.3) is 0 Å². The van der Waals surface area contributed by atoms with Crippen LogP contribution in [0.15, 0.2) is 83.4 Å². The first-order chi connectivity index (χ1) is 14.2. The first-order valence-electron chi connectivity index (χ1n) is 9.52. The van der Waals surface area contributed by atoms with E-state index in [4.69, 9.17) is 4.52 Å². The molecule has 0 saturated carbocycles. The Morgan fingerprint density at radius 1 is 0.897 bits per heavy atom. The molecule has 0 aliphatic heterocycles. The van der Waals surface area contributed by atoms with Crippen molar-refractivity contribution >= 4 is 11.6 Å². The molecule has 0 atom stereocenters. The second-order valence-electron chi connectivity index (χ2n) is 6.87. The van der Waals surface area contributed by atoms with Crippen molar-refractivity contribution in [1.29, 1.82) is 0 Å². The summed E-state index contributed by atoms with van der Waals surface area (Å²) in [5, 5.41) is 6.93. The van der Waals surface area contributed by atoms with Crippen LogP contribution in [0.25, 0.3) is 22.5 Å². The van der Waals surface area contributed by atoms with Crippen LogP contribution in [0, 0.1) is 6.92 Å². The zero-order chi connectivity index (χ0) is 20.1. The minimum absolute atomic E-state index is 0.0810. The van der Waals surface area contributed by atoms with Crippen LogP contribution in [0.2, 0.25) is 0 Å². The third kappa shape index (κ3) is 4.76. The van der Waals surface area contributed by atoms with E-state index in [-0.39, 0.29) is 12.3 Å². The summed E-state index contributed by atoms with van der Waals surface area (Å²) >= 11 is 0. The van der Waals surface area contributed by atoms with E-state index >= 15 is 0 Å². The second-order valence-corrected chi connectivity index (χ2v) is 6.87. The fourth-order valence-corrected chi connectivity index (χ4v) is 3.08. The van der Waals surface area contributed by atoms with Gasteiger partial charge >= 0.3 is 0 Å². The molecule has 1 aromatic heterocycles. The van der Waals surface area contributed by atoms with Gasteiger partial charge in [0.05, 0.1) is 0 Å². The molecule has 0 radical (unpaired) electrons. The molecule has 29 heavy (non-hydrogen) atoms. The van der Waals surface area contributed by atoms with Crippen LogP contribution < -0.4 is 5.32 Å². The standard InChI is InChI=1S/C24H21N3O2/c1-17-6-5-9-21(16-17)25-22(28)14-15-23-26-24(27-29-23)20-12-10-19(11-13-20)18-7-3-2-4-8-18/h2-13,16H,14-15H2,1H3,(H,25,28). The van der Waals surface area contributed by atoms with Crippen molar-refractivity contribution in [3.05, 3.63) is 90.3 Å². The minimum Gasteiger partial charge on any atom is -0.339 e. The van der Waals surface area contributed by atoms with Crippen molar-refractivity contribution < 1.29 is 9.32 Å². The summed E-state index contributed by atoms with van der Waals surface area (Å²) in [6, 6.07) is 25.9. The van der Waals surface area contributed by atoms with Crippen LogP contribution in [-0.2, 0) is 11.2 Å². The largest absolute Gasteiger partial charge is 0.339 e. The Hall–Kier alpha value is -3.73. The highest BCUT2D eigenvalue weighted by Gasteiger charge is 2.11. The number of aromatic nitrogens is 2. The highest BCUT2D eigenvalue weighted by molar-refractivity contribution is 5.90. The van der Waals surface area contributed by atoms with E-state index in [1.807, 2.05) is 73.7 Å². The second kappa shape index (κ2) is 8.52. The van der Waals surface area contributed by atoms with Crippen molar-refractivity contribution in [3.8, 4) is 22.5 Å². The molecule has 1 heterocycles. The molecule has 0 spiro atoms. The summed E-state index contributed by atoms with van der Waals surface area (Å²) in [4.78, 5) is 16.6. The number of amides is 1. The maximum Gasteiger partial charge on any atom is 0.227 e. The zero-order valence-electron chi connectivity index (χ0n) is 16.1. The Bertz CT molecular complexity index is 1100. The smallest absolute Gasteiger partial charge is 0.227 e. The third-order valence-corrected chi connectivity index (χ3v) is 4.59. The Labute approximate surface area is 169 Å². The number of hydrogen-bond acceptors (Lipinski definition) is 4. The summed E-state index contributed by atoms with van der Waals surface area (Å²) in [7, 11) is 0. The molecule has 0 aliphatic carbocycles. The maximum absolute atomic E-state index is 12.1. The first-order valence-corrected chi connectivity index (χ1v) is 9.52. The summed E-state index contributed by atoms with van der Waals surface area (Å²) in [6.45, 7) is 1.99. The Kier molecular flexibility index (Phi) is 5.47. The molecule has 5 heteroatoms. The van der Waals surface area contributed by atoms with E-state index in [1.54, 1.807) is 0 Å². The summed E-state index contributed by atoms with van der Waals surface area (Å²) < 4.78 is 5.31. The lowest BCUT2D eigenvalue weighted by Gasteiger charge is -2.04.